The highest BCUT2D eigenvalue weighted by atomic mass is 16.1. The zero-order chi connectivity index (χ0) is 17.4. The Balaban J connectivity index is 1.67. The molecule has 0 radical (unpaired) electrons. The minimum atomic E-state index is 0.0957. The van der Waals surface area contributed by atoms with Gasteiger partial charge in [0.1, 0.15) is 0 Å². The van der Waals surface area contributed by atoms with Gasteiger partial charge in [-0.3, -0.25) is 4.79 Å². The molecule has 0 spiro atoms. The summed E-state index contributed by atoms with van der Waals surface area (Å²) in [5.41, 5.74) is 2.34. The lowest BCUT2D eigenvalue weighted by Gasteiger charge is -2.34. The molecule has 1 saturated heterocycles. The summed E-state index contributed by atoms with van der Waals surface area (Å²) in [6, 6.07) is 8.50. The van der Waals surface area contributed by atoms with Crippen LogP contribution in [0.25, 0.3) is 0 Å². The van der Waals surface area contributed by atoms with E-state index in [4.69, 9.17) is 0 Å². The van der Waals surface area contributed by atoms with Crippen LogP contribution in [0.5, 0.6) is 0 Å². The first-order valence-electron chi connectivity index (χ1n) is 8.73. The smallest absolute Gasteiger partial charge is 0.221 e. The van der Waals surface area contributed by atoms with Crippen LogP contribution >= 0.6 is 0 Å². The number of carbonyl (C=O) groups excluding carboxylic acids is 1. The van der Waals surface area contributed by atoms with Crippen molar-refractivity contribution in [1.29, 1.82) is 0 Å². The first kappa shape index (κ1) is 18.5. The van der Waals surface area contributed by atoms with E-state index in [1.165, 1.54) is 5.69 Å². The Kier molecular flexibility index (Phi) is 7.34. The second-order valence-corrected chi connectivity index (χ2v) is 6.67. The Hall–Kier alpha value is -1.79. The van der Waals surface area contributed by atoms with Crippen LogP contribution in [0.1, 0.15) is 6.42 Å². The second kappa shape index (κ2) is 9.49. The van der Waals surface area contributed by atoms with E-state index in [0.29, 0.717) is 19.5 Å². The number of piperazine rings is 1. The molecule has 1 aromatic carbocycles. The summed E-state index contributed by atoms with van der Waals surface area (Å²) in [5.74, 6) is 0.0957. The van der Waals surface area contributed by atoms with Gasteiger partial charge in [0.25, 0.3) is 0 Å². The van der Waals surface area contributed by atoms with E-state index < -0.39 is 0 Å². The van der Waals surface area contributed by atoms with Crippen LogP contribution in [0.4, 0.5) is 11.4 Å². The molecule has 1 aliphatic rings. The second-order valence-electron chi connectivity index (χ2n) is 6.67. The van der Waals surface area contributed by atoms with Crippen molar-refractivity contribution in [3.8, 4) is 0 Å². The Morgan fingerprint density at radius 2 is 1.75 bits per heavy atom. The minimum Gasteiger partial charge on any atom is -0.385 e. The minimum absolute atomic E-state index is 0.0957. The van der Waals surface area contributed by atoms with Gasteiger partial charge in [0, 0.05) is 63.6 Å². The van der Waals surface area contributed by atoms with E-state index in [1.807, 2.05) is 14.1 Å². The van der Waals surface area contributed by atoms with Gasteiger partial charge in [-0.15, -0.1) is 0 Å². The van der Waals surface area contributed by atoms with Crippen molar-refractivity contribution in [3.63, 3.8) is 0 Å². The summed E-state index contributed by atoms with van der Waals surface area (Å²) in [4.78, 5) is 18.6. The molecular weight excluding hydrogens is 302 g/mol. The predicted octanol–water partition coefficient (Wildman–Crippen LogP) is 0.918. The highest BCUT2D eigenvalue weighted by Crippen LogP contribution is 2.19. The molecule has 1 heterocycles. The standard InChI is InChI=1S/C18H31N5O/c1-21(2)11-10-20-18(24)8-9-19-16-4-6-17(7-5-16)23-14-12-22(3)13-15-23/h4-7,19H,8-15H2,1-3H3,(H,20,24). The van der Waals surface area contributed by atoms with Gasteiger partial charge in [-0.05, 0) is 45.4 Å². The molecule has 6 heteroatoms. The van der Waals surface area contributed by atoms with Crippen molar-refractivity contribution in [2.75, 3.05) is 77.2 Å². The molecular formula is C18H31N5O. The predicted molar refractivity (Wildman–Crippen MR) is 101 cm³/mol. The monoisotopic (exact) mass is 333 g/mol. The number of hydrogen-bond acceptors (Lipinski definition) is 5. The van der Waals surface area contributed by atoms with E-state index in [9.17, 15) is 4.79 Å². The van der Waals surface area contributed by atoms with Gasteiger partial charge in [0.15, 0.2) is 0 Å². The SMILES string of the molecule is CN(C)CCNC(=O)CCNc1ccc(N2CCN(C)CC2)cc1. The van der Waals surface area contributed by atoms with Crippen LogP contribution in [0, 0.1) is 0 Å². The van der Waals surface area contributed by atoms with Gasteiger partial charge in [0.05, 0.1) is 0 Å². The summed E-state index contributed by atoms with van der Waals surface area (Å²) in [6.45, 7) is 6.61. The first-order valence-corrected chi connectivity index (χ1v) is 8.73. The van der Waals surface area contributed by atoms with Gasteiger partial charge in [-0.2, -0.15) is 0 Å². The quantitative estimate of drug-likeness (QED) is 0.741. The van der Waals surface area contributed by atoms with Crippen molar-refractivity contribution in [2.24, 2.45) is 0 Å². The molecule has 1 fully saturated rings. The third-order valence-electron chi connectivity index (χ3n) is 4.30. The van der Waals surface area contributed by atoms with Crippen LogP contribution < -0.4 is 15.5 Å². The van der Waals surface area contributed by atoms with Crippen LogP contribution in [0.15, 0.2) is 24.3 Å². The van der Waals surface area contributed by atoms with Gasteiger partial charge < -0.3 is 25.3 Å². The lowest BCUT2D eigenvalue weighted by atomic mass is 10.2. The number of anilines is 2. The highest BCUT2D eigenvalue weighted by molar-refractivity contribution is 5.76. The molecule has 0 aromatic heterocycles. The molecule has 0 aliphatic carbocycles. The van der Waals surface area contributed by atoms with Crippen LogP contribution in [-0.2, 0) is 4.79 Å². The summed E-state index contributed by atoms with van der Waals surface area (Å²) in [6.07, 6.45) is 0.494. The zero-order valence-corrected chi connectivity index (χ0v) is 15.2. The summed E-state index contributed by atoms with van der Waals surface area (Å²) < 4.78 is 0. The number of likely N-dealkylation sites (N-methyl/N-ethyl adjacent to an activating group) is 2. The zero-order valence-electron chi connectivity index (χ0n) is 15.2. The fraction of sp³-hybridized carbons (Fsp3) is 0.611. The van der Waals surface area contributed by atoms with E-state index in [1.54, 1.807) is 0 Å². The fourth-order valence-corrected chi connectivity index (χ4v) is 2.68. The van der Waals surface area contributed by atoms with Gasteiger partial charge in [-0.1, -0.05) is 0 Å². The van der Waals surface area contributed by atoms with Crippen molar-refractivity contribution >= 4 is 17.3 Å². The highest BCUT2D eigenvalue weighted by Gasteiger charge is 2.13. The van der Waals surface area contributed by atoms with Crippen molar-refractivity contribution < 1.29 is 4.79 Å². The molecule has 2 N–H and O–H groups in total. The van der Waals surface area contributed by atoms with Crippen LogP contribution in [0.3, 0.4) is 0 Å². The van der Waals surface area contributed by atoms with Crippen LogP contribution in [-0.4, -0.2) is 82.7 Å². The molecule has 0 saturated carbocycles. The average molecular weight is 333 g/mol. The number of hydrogen-bond donors (Lipinski definition) is 2. The molecule has 1 aliphatic heterocycles. The van der Waals surface area contributed by atoms with Gasteiger partial charge in [0.2, 0.25) is 5.91 Å². The largest absolute Gasteiger partial charge is 0.385 e. The van der Waals surface area contributed by atoms with Crippen molar-refractivity contribution in [3.05, 3.63) is 24.3 Å². The molecule has 2 rings (SSSR count). The normalized spacial score (nSPS) is 15.6. The molecule has 6 nitrogen and oxygen atoms in total. The lowest BCUT2D eigenvalue weighted by molar-refractivity contribution is -0.120. The topological polar surface area (TPSA) is 50.9 Å². The molecule has 0 bridgehead atoms. The fourth-order valence-electron chi connectivity index (χ4n) is 2.68. The number of rotatable bonds is 8. The number of nitrogens with zero attached hydrogens (tertiary/aromatic N) is 3. The van der Waals surface area contributed by atoms with E-state index in [-0.39, 0.29) is 5.91 Å². The molecule has 0 atom stereocenters. The van der Waals surface area contributed by atoms with Crippen molar-refractivity contribution in [2.45, 2.75) is 6.42 Å². The van der Waals surface area contributed by atoms with Gasteiger partial charge >= 0.3 is 0 Å². The van der Waals surface area contributed by atoms with Gasteiger partial charge in [-0.25, -0.2) is 0 Å². The molecule has 1 amide bonds. The van der Waals surface area contributed by atoms with E-state index in [2.05, 4.69) is 56.6 Å². The Bertz CT molecular complexity index is 495. The Labute approximate surface area is 145 Å². The van der Waals surface area contributed by atoms with Crippen molar-refractivity contribution in [1.82, 2.24) is 15.1 Å². The number of carbonyl (C=O) groups is 1. The number of benzene rings is 1. The summed E-state index contributed by atoms with van der Waals surface area (Å²) in [7, 11) is 6.17. The Morgan fingerprint density at radius 3 is 2.38 bits per heavy atom. The van der Waals surface area contributed by atoms with E-state index in [0.717, 1.165) is 38.4 Å². The third-order valence-corrected chi connectivity index (χ3v) is 4.30. The number of nitrogens with one attached hydrogen (secondary N) is 2. The van der Waals surface area contributed by atoms with E-state index >= 15 is 0 Å². The maximum absolute atomic E-state index is 11.7. The lowest BCUT2D eigenvalue weighted by Crippen LogP contribution is -2.44. The summed E-state index contributed by atoms with van der Waals surface area (Å²) >= 11 is 0. The third kappa shape index (κ3) is 6.37. The first-order chi connectivity index (χ1) is 11.5. The molecule has 0 unspecified atom stereocenters. The molecule has 24 heavy (non-hydrogen) atoms. The average Bonchev–Trinajstić information content (AvgIpc) is 2.56. The maximum Gasteiger partial charge on any atom is 0.221 e. The number of amides is 1. The maximum atomic E-state index is 11.7. The van der Waals surface area contributed by atoms with Crippen LogP contribution in [0.2, 0.25) is 0 Å². The summed E-state index contributed by atoms with van der Waals surface area (Å²) in [5, 5.41) is 6.24. The molecule has 134 valence electrons. The molecule has 1 aromatic rings. The Morgan fingerprint density at radius 1 is 1.08 bits per heavy atom.